The first-order valence-electron chi connectivity index (χ1n) is 7.12. The molecule has 122 valence electrons. The fourth-order valence-corrected chi connectivity index (χ4v) is 4.23. The summed E-state index contributed by atoms with van der Waals surface area (Å²) < 4.78 is 33.0. The van der Waals surface area contributed by atoms with E-state index in [0.717, 1.165) is 4.88 Å². The van der Waals surface area contributed by atoms with Gasteiger partial charge in [-0.25, -0.2) is 13.1 Å². The third-order valence-corrected chi connectivity index (χ3v) is 5.79. The zero-order valence-corrected chi connectivity index (χ0v) is 15.0. The fourth-order valence-electron chi connectivity index (χ4n) is 1.68. The Labute approximate surface area is 132 Å². The van der Waals surface area contributed by atoms with E-state index in [1.807, 2.05) is 26.8 Å². The predicted molar refractivity (Wildman–Crippen MR) is 87.2 cm³/mol. The van der Waals surface area contributed by atoms with Crippen LogP contribution in [0.3, 0.4) is 0 Å². The standard InChI is InChI=1S/C14H26N2O3S2/c1-6-19-14(4,5)10-16-21(17,18)13-8-7-12(20-13)9-15-11(2)3/h7-8,11,15-16H,6,9-10H2,1-5H3. The molecule has 0 saturated carbocycles. The molecule has 1 heterocycles. The Bertz CT molecular complexity index is 536. The van der Waals surface area contributed by atoms with Crippen molar-refractivity contribution < 1.29 is 13.2 Å². The SMILES string of the molecule is CCOC(C)(C)CNS(=O)(=O)c1ccc(CNC(C)C)s1. The normalized spacial score (nSPS) is 13.0. The van der Waals surface area contributed by atoms with E-state index in [9.17, 15) is 8.42 Å². The highest BCUT2D eigenvalue weighted by atomic mass is 32.2. The maximum atomic E-state index is 12.3. The first kappa shape index (κ1) is 18.6. The molecule has 5 nitrogen and oxygen atoms in total. The van der Waals surface area contributed by atoms with Crippen LogP contribution in [0.5, 0.6) is 0 Å². The van der Waals surface area contributed by atoms with Crippen LogP contribution >= 0.6 is 11.3 Å². The van der Waals surface area contributed by atoms with Gasteiger partial charge in [-0.1, -0.05) is 13.8 Å². The quantitative estimate of drug-likeness (QED) is 0.727. The second kappa shape index (κ2) is 7.69. The van der Waals surface area contributed by atoms with E-state index in [1.54, 1.807) is 6.07 Å². The molecule has 0 aromatic carbocycles. The van der Waals surface area contributed by atoms with Crippen LogP contribution in [0.4, 0.5) is 0 Å². The highest BCUT2D eigenvalue weighted by Gasteiger charge is 2.23. The van der Waals surface area contributed by atoms with Gasteiger partial charge in [0.1, 0.15) is 4.21 Å². The van der Waals surface area contributed by atoms with Crippen molar-refractivity contribution in [1.29, 1.82) is 0 Å². The number of hydrogen-bond acceptors (Lipinski definition) is 5. The molecule has 1 aromatic rings. The summed E-state index contributed by atoms with van der Waals surface area (Å²) in [5.74, 6) is 0. The smallest absolute Gasteiger partial charge is 0.250 e. The Morgan fingerprint density at radius 2 is 2.00 bits per heavy atom. The van der Waals surface area contributed by atoms with Gasteiger partial charge >= 0.3 is 0 Å². The highest BCUT2D eigenvalue weighted by Crippen LogP contribution is 2.22. The molecule has 0 radical (unpaired) electrons. The summed E-state index contributed by atoms with van der Waals surface area (Å²) in [6.45, 7) is 11.2. The van der Waals surface area contributed by atoms with E-state index < -0.39 is 15.6 Å². The zero-order valence-electron chi connectivity index (χ0n) is 13.4. The molecular formula is C14H26N2O3S2. The van der Waals surface area contributed by atoms with Crippen molar-refractivity contribution in [2.45, 2.75) is 57.0 Å². The monoisotopic (exact) mass is 334 g/mol. The molecule has 1 aromatic heterocycles. The number of nitrogens with one attached hydrogen (secondary N) is 2. The summed E-state index contributed by atoms with van der Waals surface area (Å²) in [5, 5.41) is 3.27. The molecule has 0 aliphatic rings. The lowest BCUT2D eigenvalue weighted by Gasteiger charge is -2.24. The molecular weight excluding hydrogens is 308 g/mol. The molecule has 0 saturated heterocycles. The minimum absolute atomic E-state index is 0.251. The first-order chi connectivity index (χ1) is 9.66. The first-order valence-corrected chi connectivity index (χ1v) is 9.42. The molecule has 7 heteroatoms. The molecule has 1 rings (SSSR count). The van der Waals surface area contributed by atoms with Crippen molar-refractivity contribution in [1.82, 2.24) is 10.0 Å². The van der Waals surface area contributed by atoms with Crippen molar-refractivity contribution in [3.8, 4) is 0 Å². The van der Waals surface area contributed by atoms with Gasteiger partial charge in [-0.3, -0.25) is 0 Å². The second-order valence-corrected chi connectivity index (χ2v) is 8.94. The van der Waals surface area contributed by atoms with Crippen LogP contribution in [0.25, 0.3) is 0 Å². The Morgan fingerprint density at radius 1 is 1.33 bits per heavy atom. The van der Waals surface area contributed by atoms with Gasteiger partial charge in [0.2, 0.25) is 10.0 Å². The number of ether oxygens (including phenoxy) is 1. The van der Waals surface area contributed by atoms with Crippen molar-refractivity contribution in [3.63, 3.8) is 0 Å². The van der Waals surface area contributed by atoms with Gasteiger partial charge in [0.15, 0.2) is 0 Å². The maximum Gasteiger partial charge on any atom is 0.250 e. The van der Waals surface area contributed by atoms with Gasteiger partial charge in [0.05, 0.1) is 5.60 Å². The van der Waals surface area contributed by atoms with Gasteiger partial charge < -0.3 is 10.1 Å². The van der Waals surface area contributed by atoms with Crippen molar-refractivity contribution >= 4 is 21.4 Å². The molecule has 2 N–H and O–H groups in total. The Morgan fingerprint density at radius 3 is 2.57 bits per heavy atom. The van der Waals surface area contributed by atoms with E-state index in [0.29, 0.717) is 23.4 Å². The van der Waals surface area contributed by atoms with Crippen LogP contribution in [0, 0.1) is 0 Å². The third-order valence-electron chi connectivity index (χ3n) is 2.81. The minimum atomic E-state index is -3.47. The van der Waals surface area contributed by atoms with Gasteiger partial charge in [0.25, 0.3) is 0 Å². The van der Waals surface area contributed by atoms with Gasteiger partial charge in [-0.15, -0.1) is 11.3 Å². The van der Waals surface area contributed by atoms with E-state index in [1.165, 1.54) is 11.3 Å². The Balaban J connectivity index is 2.66. The topological polar surface area (TPSA) is 67.4 Å². The average molecular weight is 335 g/mol. The van der Waals surface area contributed by atoms with Crippen LogP contribution in [-0.2, 0) is 21.3 Å². The lowest BCUT2D eigenvalue weighted by molar-refractivity contribution is -0.00514. The van der Waals surface area contributed by atoms with Crippen LogP contribution in [-0.4, -0.2) is 33.2 Å². The highest BCUT2D eigenvalue weighted by molar-refractivity contribution is 7.91. The molecule has 0 amide bonds. The number of sulfonamides is 1. The summed E-state index contributed by atoms with van der Waals surface area (Å²) in [7, 11) is -3.47. The number of thiophene rings is 1. The third kappa shape index (κ3) is 6.44. The van der Waals surface area contributed by atoms with E-state index in [2.05, 4.69) is 23.9 Å². The summed E-state index contributed by atoms with van der Waals surface area (Å²) in [6, 6.07) is 3.87. The number of rotatable bonds is 9. The molecule has 0 unspecified atom stereocenters. The predicted octanol–water partition coefficient (Wildman–Crippen LogP) is 2.34. The Hall–Kier alpha value is -0.470. The summed E-state index contributed by atoms with van der Waals surface area (Å²) in [4.78, 5) is 1.01. The number of hydrogen-bond donors (Lipinski definition) is 2. The average Bonchev–Trinajstić information content (AvgIpc) is 2.84. The second-order valence-electron chi connectivity index (χ2n) is 5.77. The largest absolute Gasteiger partial charge is 0.375 e. The van der Waals surface area contributed by atoms with Crippen LogP contribution in [0.15, 0.2) is 16.3 Å². The van der Waals surface area contributed by atoms with Crippen molar-refractivity contribution in [2.75, 3.05) is 13.2 Å². The van der Waals surface area contributed by atoms with Crippen LogP contribution in [0.2, 0.25) is 0 Å². The Kier molecular flexibility index (Phi) is 6.80. The van der Waals surface area contributed by atoms with Gasteiger partial charge in [-0.2, -0.15) is 0 Å². The van der Waals surface area contributed by atoms with Crippen molar-refractivity contribution in [2.24, 2.45) is 0 Å². The molecule has 0 bridgehead atoms. The summed E-state index contributed by atoms with van der Waals surface area (Å²) in [6.07, 6.45) is 0. The van der Waals surface area contributed by atoms with Crippen LogP contribution < -0.4 is 10.0 Å². The molecule has 0 fully saturated rings. The summed E-state index contributed by atoms with van der Waals surface area (Å²) >= 11 is 1.29. The molecule has 21 heavy (non-hydrogen) atoms. The van der Waals surface area contributed by atoms with Crippen molar-refractivity contribution in [3.05, 3.63) is 17.0 Å². The minimum Gasteiger partial charge on any atom is -0.375 e. The summed E-state index contributed by atoms with van der Waals surface area (Å²) in [5.41, 5.74) is -0.513. The van der Waals surface area contributed by atoms with Gasteiger partial charge in [0, 0.05) is 30.6 Å². The van der Waals surface area contributed by atoms with E-state index in [-0.39, 0.29) is 6.54 Å². The zero-order chi connectivity index (χ0) is 16.1. The molecule has 0 aliphatic heterocycles. The van der Waals surface area contributed by atoms with Crippen LogP contribution in [0.1, 0.15) is 39.5 Å². The van der Waals surface area contributed by atoms with E-state index in [4.69, 9.17) is 4.74 Å². The molecule has 0 aliphatic carbocycles. The molecule has 0 atom stereocenters. The van der Waals surface area contributed by atoms with Gasteiger partial charge in [-0.05, 0) is 32.9 Å². The van der Waals surface area contributed by atoms with E-state index >= 15 is 0 Å². The lowest BCUT2D eigenvalue weighted by Crippen LogP contribution is -2.40. The molecule has 0 spiro atoms. The fraction of sp³-hybridized carbons (Fsp3) is 0.714. The maximum absolute atomic E-state index is 12.3. The lowest BCUT2D eigenvalue weighted by atomic mass is 10.1.